The predicted octanol–water partition coefficient (Wildman–Crippen LogP) is 5.45. The number of carbonyl (C=O) groups is 2. The van der Waals surface area contributed by atoms with Crippen molar-refractivity contribution in [3.05, 3.63) is 99.8 Å². The van der Waals surface area contributed by atoms with E-state index in [0.717, 1.165) is 17.5 Å². The fourth-order valence-corrected chi connectivity index (χ4v) is 4.17. The first-order chi connectivity index (χ1) is 16.4. The summed E-state index contributed by atoms with van der Waals surface area (Å²) in [6.45, 7) is 4.68. The second-order valence-electron chi connectivity index (χ2n) is 8.16. The van der Waals surface area contributed by atoms with Crippen molar-refractivity contribution in [1.29, 1.82) is 0 Å². The van der Waals surface area contributed by atoms with Crippen molar-refractivity contribution in [3.8, 4) is 5.75 Å². The van der Waals surface area contributed by atoms with Crippen LogP contribution in [0, 0.1) is 6.92 Å². The summed E-state index contributed by atoms with van der Waals surface area (Å²) >= 11 is 6.08. The van der Waals surface area contributed by atoms with Gasteiger partial charge < -0.3 is 14.7 Å². The molecule has 2 aromatic carbocycles. The van der Waals surface area contributed by atoms with E-state index in [-0.39, 0.29) is 17.9 Å². The van der Waals surface area contributed by atoms with Crippen LogP contribution in [0.2, 0.25) is 5.02 Å². The second-order valence-corrected chi connectivity index (χ2v) is 8.60. The Hall–Kier alpha value is -3.64. The Morgan fingerprint density at radius 2 is 1.79 bits per heavy atom. The highest BCUT2D eigenvalue weighted by Crippen LogP contribution is 2.41. The Bertz CT molecular complexity index is 1240. The number of Topliss-reactive ketones (excluding diaryl/α,β-unsaturated/α-hetero) is 1. The van der Waals surface area contributed by atoms with Gasteiger partial charge in [-0.05, 0) is 72.5 Å². The first-order valence-corrected chi connectivity index (χ1v) is 11.4. The quantitative estimate of drug-likeness (QED) is 0.278. The van der Waals surface area contributed by atoms with Crippen molar-refractivity contribution in [2.45, 2.75) is 32.9 Å². The number of hydrogen-bond donors (Lipinski definition) is 1. The van der Waals surface area contributed by atoms with Crippen molar-refractivity contribution in [2.24, 2.45) is 0 Å². The summed E-state index contributed by atoms with van der Waals surface area (Å²) in [6, 6.07) is 15.0. The number of aliphatic hydroxyl groups excluding tert-OH is 1. The molecule has 1 fully saturated rings. The number of hydrogen-bond acceptors (Lipinski definition) is 5. The normalized spacial score (nSPS) is 17.3. The van der Waals surface area contributed by atoms with Gasteiger partial charge in [0, 0.05) is 29.5 Å². The minimum Gasteiger partial charge on any atom is -0.507 e. The van der Waals surface area contributed by atoms with Crippen molar-refractivity contribution in [2.75, 3.05) is 6.61 Å². The number of benzene rings is 2. The SMILES string of the molecule is CCCOc1ccc(/C(O)=C2/C(=O)C(=O)N(Cc3ccncc3)C2c2ccc(Cl)cc2)cc1C. The number of aryl methyl sites for hydroxylation is 1. The van der Waals surface area contributed by atoms with Crippen LogP contribution in [0.1, 0.15) is 41.6 Å². The van der Waals surface area contributed by atoms with Gasteiger partial charge in [0.05, 0.1) is 18.2 Å². The van der Waals surface area contributed by atoms with Crippen LogP contribution in [0.3, 0.4) is 0 Å². The number of likely N-dealkylation sites (tertiary alicyclic amines) is 1. The number of amides is 1. The molecule has 0 aliphatic carbocycles. The molecular weight excluding hydrogens is 452 g/mol. The van der Waals surface area contributed by atoms with E-state index in [2.05, 4.69) is 4.98 Å². The topological polar surface area (TPSA) is 79.7 Å². The summed E-state index contributed by atoms with van der Waals surface area (Å²) in [5.41, 5.74) is 2.82. The number of pyridine rings is 1. The van der Waals surface area contributed by atoms with E-state index in [1.165, 1.54) is 4.90 Å². The van der Waals surface area contributed by atoms with Crippen LogP contribution in [-0.4, -0.2) is 33.3 Å². The lowest BCUT2D eigenvalue weighted by Crippen LogP contribution is -2.29. The molecule has 0 radical (unpaired) electrons. The maximum Gasteiger partial charge on any atom is 0.295 e. The van der Waals surface area contributed by atoms with Crippen LogP contribution < -0.4 is 4.74 Å². The maximum atomic E-state index is 13.2. The highest BCUT2D eigenvalue weighted by Gasteiger charge is 2.46. The number of ether oxygens (including phenoxy) is 1. The van der Waals surface area contributed by atoms with Crippen molar-refractivity contribution in [1.82, 2.24) is 9.88 Å². The van der Waals surface area contributed by atoms with Gasteiger partial charge in [0.1, 0.15) is 11.5 Å². The van der Waals surface area contributed by atoms with E-state index < -0.39 is 17.7 Å². The minimum absolute atomic E-state index is 0.0444. The average Bonchev–Trinajstić information content (AvgIpc) is 3.09. The van der Waals surface area contributed by atoms with Crippen LogP contribution in [0.15, 0.2) is 72.6 Å². The van der Waals surface area contributed by atoms with E-state index in [4.69, 9.17) is 16.3 Å². The summed E-state index contributed by atoms with van der Waals surface area (Å²) in [5, 5.41) is 11.8. The van der Waals surface area contributed by atoms with Crippen molar-refractivity contribution >= 4 is 29.1 Å². The molecule has 34 heavy (non-hydrogen) atoms. The molecule has 1 amide bonds. The third kappa shape index (κ3) is 4.68. The monoisotopic (exact) mass is 476 g/mol. The molecule has 2 heterocycles. The van der Waals surface area contributed by atoms with Gasteiger partial charge >= 0.3 is 0 Å². The van der Waals surface area contributed by atoms with E-state index in [9.17, 15) is 14.7 Å². The van der Waals surface area contributed by atoms with Crippen molar-refractivity contribution in [3.63, 3.8) is 0 Å². The lowest BCUT2D eigenvalue weighted by Gasteiger charge is -2.25. The Morgan fingerprint density at radius 1 is 1.09 bits per heavy atom. The molecule has 1 unspecified atom stereocenters. The molecule has 1 aliphatic rings. The predicted molar refractivity (Wildman–Crippen MR) is 131 cm³/mol. The molecule has 1 saturated heterocycles. The lowest BCUT2D eigenvalue weighted by atomic mass is 9.94. The third-order valence-electron chi connectivity index (χ3n) is 5.74. The number of nitrogens with zero attached hydrogens (tertiary/aromatic N) is 2. The Balaban J connectivity index is 1.81. The highest BCUT2D eigenvalue weighted by molar-refractivity contribution is 6.46. The molecule has 1 atom stereocenters. The average molecular weight is 477 g/mol. The molecule has 3 aromatic rings. The van der Waals surface area contributed by atoms with Crippen LogP contribution >= 0.6 is 11.6 Å². The fraction of sp³-hybridized carbons (Fsp3) is 0.222. The zero-order chi connectivity index (χ0) is 24.2. The molecular formula is C27H25ClN2O4. The number of halogens is 1. The molecule has 0 spiro atoms. The van der Waals surface area contributed by atoms with Gasteiger partial charge in [-0.25, -0.2) is 0 Å². The molecule has 0 bridgehead atoms. The first-order valence-electron chi connectivity index (χ1n) is 11.1. The Kier molecular flexibility index (Phi) is 6.98. The van der Waals surface area contributed by atoms with Crippen LogP contribution in [-0.2, 0) is 16.1 Å². The lowest BCUT2D eigenvalue weighted by molar-refractivity contribution is -0.140. The zero-order valence-corrected chi connectivity index (χ0v) is 19.7. The molecule has 1 N–H and O–H groups in total. The zero-order valence-electron chi connectivity index (χ0n) is 19.0. The first kappa shape index (κ1) is 23.5. The Labute approximate surface area is 203 Å². The largest absolute Gasteiger partial charge is 0.507 e. The van der Waals surface area contributed by atoms with Gasteiger partial charge in [-0.3, -0.25) is 14.6 Å². The van der Waals surface area contributed by atoms with Gasteiger partial charge in [-0.2, -0.15) is 0 Å². The van der Waals surface area contributed by atoms with E-state index in [0.29, 0.717) is 28.5 Å². The van der Waals surface area contributed by atoms with Gasteiger partial charge in [0.2, 0.25) is 0 Å². The number of carbonyl (C=O) groups excluding carboxylic acids is 2. The molecule has 6 nitrogen and oxygen atoms in total. The molecule has 4 rings (SSSR count). The van der Waals surface area contributed by atoms with E-state index in [1.807, 2.05) is 13.8 Å². The standard InChI is InChI=1S/C27H25ClN2O4/c1-3-14-34-22-9-6-20(15-17(22)2)25(31)23-24(19-4-7-21(28)8-5-19)30(27(33)26(23)32)16-18-10-12-29-13-11-18/h4-13,15,24,31H,3,14,16H2,1-2H3/b25-23-. The minimum atomic E-state index is -0.762. The van der Waals surface area contributed by atoms with Crippen molar-refractivity contribution < 1.29 is 19.4 Å². The number of aliphatic hydroxyl groups is 1. The van der Waals surface area contributed by atoms with Gasteiger partial charge in [0.15, 0.2) is 0 Å². The number of rotatable bonds is 7. The van der Waals surface area contributed by atoms with Gasteiger partial charge in [-0.15, -0.1) is 0 Å². The second kappa shape index (κ2) is 10.1. The van der Waals surface area contributed by atoms with Crippen LogP contribution in [0.25, 0.3) is 5.76 Å². The Morgan fingerprint density at radius 3 is 2.44 bits per heavy atom. The molecule has 1 aromatic heterocycles. The summed E-state index contributed by atoms with van der Waals surface area (Å²) in [4.78, 5) is 31.8. The summed E-state index contributed by atoms with van der Waals surface area (Å²) in [6.07, 6.45) is 4.14. The molecule has 1 aliphatic heterocycles. The fourth-order valence-electron chi connectivity index (χ4n) is 4.05. The van der Waals surface area contributed by atoms with E-state index in [1.54, 1.807) is 67.0 Å². The molecule has 174 valence electrons. The van der Waals surface area contributed by atoms with E-state index >= 15 is 0 Å². The number of aromatic nitrogens is 1. The van der Waals surface area contributed by atoms with Crippen LogP contribution in [0.4, 0.5) is 0 Å². The maximum absolute atomic E-state index is 13.2. The smallest absolute Gasteiger partial charge is 0.295 e. The highest BCUT2D eigenvalue weighted by atomic mass is 35.5. The summed E-state index contributed by atoms with van der Waals surface area (Å²) in [5.74, 6) is -0.903. The molecule has 7 heteroatoms. The molecule has 0 saturated carbocycles. The van der Waals surface area contributed by atoms with Crippen LogP contribution in [0.5, 0.6) is 5.75 Å². The summed E-state index contributed by atoms with van der Waals surface area (Å²) < 4.78 is 5.72. The summed E-state index contributed by atoms with van der Waals surface area (Å²) in [7, 11) is 0. The number of ketones is 1. The van der Waals surface area contributed by atoms with Gasteiger partial charge in [-0.1, -0.05) is 30.7 Å². The van der Waals surface area contributed by atoms with Gasteiger partial charge in [0.25, 0.3) is 11.7 Å². The third-order valence-corrected chi connectivity index (χ3v) is 5.99.